The van der Waals surface area contributed by atoms with E-state index in [9.17, 15) is 4.79 Å². The summed E-state index contributed by atoms with van der Waals surface area (Å²) in [4.78, 5) is 15.4. The lowest BCUT2D eigenvalue weighted by Gasteiger charge is -2.26. The fourth-order valence-electron chi connectivity index (χ4n) is 2.27. The summed E-state index contributed by atoms with van der Waals surface area (Å²) in [7, 11) is 0. The van der Waals surface area contributed by atoms with Gasteiger partial charge in [-0.05, 0) is 6.42 Å². The van der Waals surface area contributed by atoms with Gasteiger partial charge in [-0.15, -0.1) is 0 Å². The first-order valence-electron chi connectivity index (χ1n) is 5.67. The molecule has 16 heavy (non-hydrogen) atoms. The van der Waals surface area contributed by atoms with Gasteiger partial charge in [0.25, 0.3) is 0 Å². The average molecular weight is 222 g/mol. The van der Waals surface area contributed by atoms with Crippen molar-refractivity contribution in [1.82, 2.24) is 9.55 Å². The fourth-order valence-corrected chi connectivity index (χ4v) is 2.27. The van der Waals surface area contributed by atoms with Gasteiger partial charge < -0.3 is 9.67 Å². The van der Waals surface area contributed by atoms with Crippen LogP contribution in [0.2, 0.25) is 0 Å². The summed E-state index contributed by atoms with van der Waals surface area (Å²) in [6.45, 7) is 7.17. The molecule has 0 aromatic carbocycles. The van der Waals surface area contributed by atoms with E-state index in [1.54, 1.807) is 0 Å². The Bertz CT molecular complexity index is 415. The summed E-state index contributed by atoms with van der Waals surface area (Å²) < 4.78 is 2.18. The van der Waals surface area contributed by atoms with Gasteiger partial charge in [-0.25, -0.2) is 4.98 Å². The Kier molecular flexibility index (Phi) is 2.52. The lowest BCUT2D eigenvalue weighted by molar-refractivity contribution is -0.142. The highest BCUT2D eigenvalue weighted by atomic mass is 16.4. The minimum atomic E-state index is -0.690. The molecule has 2 heterocycles. The molecule has 0 fully saturated rings. The van der Waals surface area contributed by atoms with Crippen LogP contribution in [0, 0.1) is 5.92 Å². The van der Waals surface area contributed by atoms with Crippen molar-refractivity contribution >= 4 is 5.97 Å². The van der Waals surface area contributed by atoms with Gasteiger partial charge in [-0.3, -0.25) is 4.79 Å². The lowest BCUT2D eigenvalue weighted by atomic mass is 9.93. The van der Waals surface area contributed by atoms with Gasteiger partial charge in [0.2, 0.25) is 0 Å². The zero-order valence-corrected chi connectivity index (χ0v) is 10.0. The Morgan fingerprint density at radius 1 is 1.56 bits per heavy atom. The number of hydrogen-bond acceptors (Lipinski definition) is 2. The molecule has 1 aliphatic heterocycles. The van der Waals surface area contributed by atoms with Crippen molar-refractivity contribution in [3.8, 4) is 0 Å². The number of aromatic nitrogens is 2. The maximum Gasteiger partial charge on any atom is 0.306 e. The monoisotopic (exact) mass is 222 g/mol. The van der Waals surface area contributed by atoms with Crippen LogP contribution in [0.4, 0.5) is 0 Å². The van der Waals surface area contributed by atoms with Crippen LogP contribution in [0.3, 0.4) is 0 Å². The van der Waals surface area contributed by atoms with Crippen molar-refractivity contribution in [3.05, 3.63) is 17.7 Å². The Hall–Kier alpha value is -1.32. The molecular weight excluding hydrogens is 204 g/mol. The fraction of sp³-hybridized carbons (Fsp3) is 0.667. The minimum absolute atomic E-state index is 0.0221. The summed E-state index contributed by atoms with van der Waals surface area (Å²) in [5, 5.41) is 9.00. The topological polar surface area (TPSA) is 55.1 Å². The smallest absolute Gasteiger partial charge is 0.306 e. The van der Waals surface area contributed by atoms with Crippen molar-refractivity contribution in [2.24, 2.45) is 5.92 Å². The van der Waals surface area contributed by atoms with Crippen LogP contribution in [-0.4, -0.2) is 20.6 Å². The number of fused-ring (bicyclic) bond motifs is 1. The molecule has 0 saturated carbocycles. The average Bonchev–Trinajstić information content (AvgIpc) is 2.58. The van der Waals surface area contributed by atoms with Crippen molar-refractivity contribution < 1.29 is 9.90 Å². The molecule has 2 rings (SSSR count). The number of rotatable bonds is 1. The molecule has 1 aliphatic rings. The first kappa shape index (κ1) is 11.2. The molecule has 1 N–H and O–H groups in total. The van der Waals surface area contributed by atoms with Crippen LogP contribution in [0.15, 0.2) is 6.20 Å². The second-order valence-electron chi connectivity index (χ2n) is 5.50. The van der Waals surface area contributed by atoms with Crippen molar-refractivity contribution in [2.75, 3.05) is 0 Å². The van der Waals surface area contributed by atoms with E-state index < -0.39 is 5.97 Å². The Labute approximate surface area is 95.3 Å². The van der Waals surface area contributed by atoms with Crippen LogP contribution in [0.1, 0.15) is 38.7 Å². The van der Waals surface area contributed by atoms with Gasteiger partial charge in [0, 0.05) is 30.3 Å². The van der Waals surface area contributed by atoms with Crippen molar-refractivity contribution in [3.63, 3.8) is 0 Å². The number of hydrogen-bond donors (Lipinski definition) is 1. The third-order valence-electron chi connectivity index (χ3n) is 3.11. The highest BCUT2D eigenvalue weighted by molar-refractivity contribution is 5.70. The standard InChI is InChI=1S/C12H18N2O2/c1-12(2,3)11-13-7-9-6-8(10(15)16)4-5-14(9)11/h7-8H,4-6H2,1-3H3,(H,15,16). The van der Waals surface area contributed by atoms with E-state index >= 15 is 0 Å². The molecule has 1 unspecified atom stereocenters. The lowest BCUT2D eigenvalue weighted by Crippen LogP contribution is -2.28. The minimum Gasteiger partial charge on any atom is -0.481 e. The number of carboxylic acid groups (broad SMARTS) is 1. The molecule has 1 aromatic heterocycles. The number of aliphatic carboxylic acids is 1. The maximum atomic E-state index is 10.9. The molecule has 0 bridgehead atoms. The van der Waals surface area contributed by atoms with Gasteiger partial charge in [0.1, 0.15) is 5.82 Å². The normalized spacial score (nSPS) is 20.6. The van der Waals surface area contributed by atoms with E-state index in [0.717, 1.165) is 18.1 Å². The van der Waals surface area contributed by atoms with Crippen molar-refractivity contribution in [1.29, 1.82) is 0 Å². The Morgan fingerprint density at radius 3 is 2.81 bits per heavy atom. The largest absolute Gasteiger partial charge is 0.481 e. The third kappa shape index (κ3) is 1.84. The summed E-state index contributed by atoms with van der Waals surface area (Å²) in [6, 6.07) is 0. The Morgan fingerprint density at radius 2 is 2.25 bits per heavy atom. The molecule has 0 radical (unpaired) electrons. The van der Waals surface area contributed by atoms with E-state index in [1.807, 2.05) is 6.20 Å². The molecule has 4 nitrogen and oxygen atoms in total. The van der Waals surface area contributed by atoms with Crippen LogP contribution in [-0.2, 0) is 23.2 Å². The predicted molar refractivity (Wildman–Crippen MR) is 60.4 cm³/mol. The second kappa shape index (κ2) is 3.61. The SMILES string of the molecule is CC(C)(C)c1ncc2n1CCC(C(=O)O)C2. The highest BCUT2D eigenvalue weighted by Crippen LogP contribution is 2.28. The number of imidazole rings is 1. The van der Waals surface area contributed by atoms with Gasteiger partial charge in [0.05, 0.1) is 5.92 Å². The van der Waals surface area contributed by atoms with E-state index in [-0.39, 0.29) is 11.3 Å². The number of carboxylic acids is 1. The number of nitrogens with zero attached hydrogens (tertiary/aromatic N) is 2. The molecule has 4 heteroatoms. The van der Waals surface area contributed by atoms with Gasteiger partial charge in [-0.1, -0.05) is 20.8 Å². The molecule has 1 aromatic rings. The van der Waals surface area contributed by atoms with E-state index in [2.05, 4.69) is 30.3 Å². The summed E-state index contributed by atoms with van der Waals surface area (Å²) in [5.41, 5.74) is 1.08. The molecule has 88 valence electrons. The van der Waals surface area contributed by atoms with E-state index in [1.165, 1.54) is 0 Å². The van der Waals surface area contributed by atoms with Gasteiger partial charge in [-0.2, -0.15) is 0 Å². The predicted octanol–water partition coefficient (Wildman–Crippen LogP) is 1.83. The molecule has 0 aliphatic carbocycles. The van der Waals surface area contributed by atoms with Crippen LogP contribution in [0.5, 0.6) is 0 Å². The Balaban J connectivity index is 2.31. The maximum absolute atomic E-state index is 10.9. The summed E-state index contributed by atoms with van der Waals surface area (Å²) >= 11 is 0. The van der Waals surface area contributed by atoms with Crippen LogP contribution < -0.4 is 0 Å². The van der Waals surface area contributed by atoms with Crippen molar-refractivity contribution in [2.45, 2.75) is 45.6 Å². The second-order valence-corrected chi connectivity index (χ2v) is 5.50. The van der Waals surface area contributed by atoms with Crippen LogP contribution in [0.25, 0.3) is 0 Å². The summed E-state index contributed by atoms with van der Waals surface area (Å²) in [5.74, 6) is 0.133. The van der Waals surface area contributed by atoms with Gasteiger partial charge in [0.15, 0.2) is 0 Å². The first-order chi connectivity index (χ1) is 7.39. The molecule has 1 atom stereocenters. The van der Waals surface area contributed by atoms with E-state index in [0.29, 0.717) is 12.8 Å². The molecule has 0 amide bonds. The quantitative estimate of drug-likeness (QED) is 0.788. The molecule has 0 spiro atoms. The van der Waals surface area contributed by atoms with Gasteiger partial charge >= 0.3 is 5.97 Å². The zero-order chi connectivity index (χ0) is 11.9. The third-order valence-corrected chi connectivity index (χ3v) is 3.11. The van der Waals surface area contributed by atoms with E-state index in [4.69, 9.17) is 5.11 Å². The first-order valence-corrected chi connectivity index (χ1v) is 5.67. The van der Waals surface area contributed by atoms with Crippen LogP contribution >= 0.6 is 0 Å². The molecular formula is C12H18N2O2. The highest BCUT2D eigenvalue weighted by Gasteiger charge is 2.29. The number of carbonyl (C=O) groups is 1. The molecule has 0 saturated heterocycles. The summed E-state index contributed by atoms with van der Waals surface area (Å²) in [6.07, 6.45) is 3.15. The zero-order valence-electron chi connectivity index (χ0n) is 10.0.